The maximum absolute atomic E-state index is 5.53. The van der Waals surface area contributed by atoms with Gasteiger partial charge in [-0.1, -0.05) is 143 Å². The van der Waals surface area contributed by atoms with Crippen LogP contribution < -0.4 is 9.47 Å². The fraction of sp³-hybridized carbons (Fsp3) is 0.294. The Balaban J connectivity index is 1.21. The highest BCUT2D eigenvalue weighted by molar-refractivity contribution is 6.64. The molecule has 4 unspecified atom stereocenters. The summed E-state index contributed by atoms with van der Waals surface area (Å²) < 4.78 is 11.1. The molecule has 0 aromatic heterocycles. The fourth-order valence-electron chi connectivity index (χ4n) is 9.40. The van der Waals surface area contributed by atoms with Crippen molar-refractivity contribution >= 4 is 30.3 Å². The third-order valence-corrected chi connectivity index (χ3v) is 15.7. The van der Waals surface area contributed by atoms with Gasteiger partial charge in [0.15, 0.2) is 0 Å². The normalized spacial score (nSPS) is 22.4. The number of allylic oxidation sites excluding steroid dienone is 16. The second-order valence-electron chi connectivity index (χ2n) is 16.4. The number of benzene rings is 4. The van der Waals surface area contributed by atoms with Crippen LogP contribution in [0.25, 0.3) is 21.5 Å². The van der Waals surface area contributed by atoms with Gasteiger partial charge in [0.1, 0.15) is 11.5 Å². The number of hydrogen-bond acceptors (Lipinski definition) is 2. The molecule has 4 aromatic carbocycles. The zero-order valence-electron chi connectivity index (χ0n) is 33.3. The van der Waals surface area contributed by atoms with Crippen molar-refractivity contribution in [2.24, 2.45) is 11.8 Å². The van der Waals surface area contributed by atoms with E-state index < -0.39 is 8.80 Å². The summed E-state index contributed by atoms with van der Waals surface area (Å²) >= 11 is 0. The monoisotopic (exact) mass is 725 g/mol. The Morgan fingerprint density at radius 1 is 0.500 bits per heavy atom. The largest absolute Gasteiger partial charge is 0.497 e. The van der Waals surface area contributed by atoms with Crippen LogP contribution in [-0.4, -0.2) is 23.0 Å². The Morgan fingerprint density at radius 3 is 1.28 bits per heavy atom. The van der Waals surface area contributed by atoms with Crippen LogP contribution >= 0.6 is 0 Å². The third-order valence-electron chi connectivity index (χ3n) is 12.3. The van der Waals surface area contributed by atoms with E-state index in [0.717, 1.165) is 11.5 Å². The minimum absolute atomic E-state index is 0.204. The maximum atomic E-state index is 5.53. The first-order chi connectivity index (χ1) is 26.0. The molecule has 4 aliphatic rings. The standard InChI is InChI=1S/C51H53O2Si/c1-30(2)34-16-20-44(40-12-10-38-26-42(52-7)18-14-36(38)24-40)46-22-32(5)50(48(46)28-34)54(9)51-33(6)23-47-45(21-17-35(31(3)4)29-49(47)51)41-13-11-39-27-43(53-8)19-15-37(39)25-41/h10-31,44-45,50-51H,1-9H3. The van der Waals surface area contributed by atoms with E-state index in [0.29, 0.717) is 22.9 Å². The van der Waals surface area contributed by atoms with Crippen LogP contribution in [0.5, 0.6) is 11.5 Å². The number of methoxy groups -OCH3 is 2. The lowest BCUT2D eigenvalue weighted by atomic mass is 9.88. The summed E-state index contributed by atoms with van der Waals surface area (Å²) in [7, 11) is 2.45. The molecule has 4 atom stereocenters. The second-order valence-corrected chi connectivity index (χ2v) is 19.1. The molecular formula is C51H53O2Si. The average molecular weight is 726 g/mol. The summed E-state index contributed by atoms with van der Waals surface area (Å²) in [6, 6.07) is 26.8. The van der Waals surface area contributed by atoms with Gasteiger partial charge in [0.05, 0.1) is 23.0 Å². The number of fused-ring (bicyclic) bond motifs is 2. The fourth-order valence-corrected chi connectivity index (χ4v) is 12.8. The van der Waals surface area contributed by atoms with Crippen molar-refractivity contribution < 1.29 is 9.47 Å². The highest BCUT2D eigenvalue weighted by Crippen LogP contribution is 2.55. The molecule has 0 heterocycles. The molecule has 0 amide bonds. The molecule has 0 saturated heterocycles. The van der Waals surface area contributed by atoms with Crippen LogP contribution in [-0.2, 0) is 0 Å². The first-order valence-electron chi connectivity index (χ1n) is 19.7. The minimum Gasteiger partial charge on any atom is -0.497 e. The predicted octanol–water partition coefficient (Wildman–Crippen LogP) is 13.6. The van der Waals surface area contributed by atoms with E-state index in [1.807, 2.05) is 0 Å². The molecule has 0 bridgehead atoms. The van der Waals surface area contributed by atoms with Crippen LogP contribution in [0.4, 0.5) is 0 Å². The van der Waals surface area contributed by atoms with Crippen LogP contribution in [0, 0.1) is 11.8 Å². The Hall–Kier alpha value is -4.86. The first-order valence-corrected chi connectivity index (χ1v) is 21.8. The van der Waals surface area contributed by atoms with Gasteiger partial charge in [0, 0.05) is 11.8 Å². The zero-order chi connectivity index (χ0) is 37.8. The third kappa shape index (κ3) is 6.41. The van der Waals surface area contributed by atoms with Crippen molar-refractivity contribution in [1.82, 2.24) is 0 Å². The zero-order valence-corrected chi connectivity index (χ0v) is 34.3. The van der Waals surface area contributed by atoms with E-state index in [-0.39, 0.29) is 11.8 Å². The van der Waals surface area contributed by atoms with Gasteiger partial charge in [0.25, 0.3) is 0 Å². The summed E-state index contributed by atoms with van der Waals surface area (Å²) in [5, 5.41) is 4.93. The quantitative estimate of drug-likeness (QED) is 0.168. The van der Waals surface area contributed by atoms with Crippen molar-refractivity contribution in [1.29, 1.82) is 0 Å². The second kappa shape index (κ2) is 14.4. The lowest BCUT2D eigenvalue weighted by Gasteiger charge is -2.31. The summed E-state index contributed by atoms with van der Waals surface area (Å²) in [4.78, 5) is 0. The molecule has 8 rings (SSSR count). The van der Waals surface area contributed by atoms with Gasteiger partial charge >= 0.3 is 0 Å². The Morgan fingerprint density at radius 2 is 0.889 bits per heavy atom. The Bertz CT molecular complexity index is 2250. The van der Waals surface area contributed by atoms with Gasteiger partial charge in [0.2, 0.25) is 0 Å². The lowest BCUT2D eigenvalue weighted by Crippen LogP contribution is -2.26. The van der Waals surface area contributed by atoms with Crippen molar-refractivity contribution in [3.8, 4) is 11.5 Å². The highest BCUT2D eigenvalue weighted by atomic mass is 28.3. The van der Waals surface area contributed by atoms with Gasteiger partial charge in [-0.05, 0) is 127 Å². The van der Waals surface area contributed by atoms with Crippen LogP contribution in [0.3, 0.4) is 0 Å². The minimum atomic E-state index is -1.03. The van der Waals surface area contributed by atoms with E-state index in [9.17, 15) is 0 Å². The van der Waals surface area contributed by atoms with E-state index in [1.54, 1.807) is 25.4 Å². The molecule has 4 aliphatic carbocycles. The van der Waals surface area contributed by atoms with Crippen molar-refractivity contribution in [3.63, 3.8) is 0 Å². The molecule has 54 heavy (non-hydrogen) atoms. The summed E-state index contributed by atoms with van der Waals surface area (Å²) in [6.45, 7) is 16.8. The topological polar surface area (TPSA) is 18.5 Å². The summed E-state index contributed by atoms with van der Waals surface area (Å²) in [6.07, 6.45) is 20.0. The molecule has 0 fully saturated rings. The predicted molar refractivity (Wildman–Crippen MR) is 231 cm³/mol. The van der Waals surface area contributed by atoms with Gasteiger partial charge in [-0.2, -0.15) is 0 Å². The number of hydrogen-bond donors (Lipinski definition) is 0. The number of ether oxygens (including phenoxy) is 2. The van der Waals surface area contributed by atoms with E-state index in [4.69, 9.17) is 9.47 Å². The molecule has 4 aromatic rings. The van der Waals surface area contributed by atoms with Crippen LogP contribution in [0.2, 0.25) is 17.6 Å². The smallest absolute Gasteiger partial charge is 0.119 e. The SMILES string of the molecule is COc1ccc2cc(C3C=CC(C(C)C)=CC4=C3C=C(C)C4[Si](C)C3C(C)=CC4=C3C=C(C(C)C)C=CC4c3ccc4cc(OC)ccc4c3)ccc2c1. The van der Waals surface area contributed by atoms with E-state index >= 15 is 0 Å². The van der Waals surface area contributed by atoms with E-state index in [2.05, 4.69) is 169 Å². The summed E-state index contributed by atoms with van der Waals surface area (Å²) in [5.74, 6) is 3.10. The van der Waals surface area contributed by atoms with Crippen molar-refractivity contribution in [2.75, 3.05) is 14.2 Å². The molecule has 2 nitrogen and oxygen atoms in total. The van der Waals surface area contributed by atoms with Crippen LogP contribution in [0.15, 0.2) is 166 Å². The molecular weight excluding hydrogens is 673 g/mol. The van der Waals surface area contributed by atoms with Gasteiger partial charge in [-0.25, -0.2) is 0 Å². The Labute approximate surface area is 324 Å². The van der Waals surface area contributed by atoms with Crippen molar-refractivity contribution in [2.45, 2.75) is 71.0 Å². The van der Waals surface area contributed by atoms with Gasteiger partial charge < -0.3 is 9.47 Å². The molecule has 0 saturated carbocycles. The van der Waals surface area contributed by atoms with Gasteiger partial charge in [-0.15, -0.1) is 0 Å². The first kappa shape index (κ1) is 36.1. The Kier molecular flexibility index (Phi) is 9.64. The van der Waals surface area contributed by atoms with Gasteiger partial charge in [-0.3, -0.25) is 0 Å². The summed E-state index contributed by atoms with van der Waals surface area (Å²) in [5.41, 5.74) is 15.5. The van der Waals surface area contributed by atoms with Crippen molar-refractivity contribution in [3.05, 3.63) is 177 Å². The molecule has 0 spiro atoms. The van der Waals surface area contributed by atoms with E-state index in [1.165, 1.54) is 66.1 Å². The molecule has 1 radical (unpaired) electrons. The molecule has 0 aliphatic heterocycles. The van der Waals surface area contributed by atoms with Crippen LogP contribution in [0.1, 0.15) is 64.5 Å². The molecule has 273 valence electrons. The highest BCUT2D eigenvalue weighted by Gasteiger charge is 2.41. The molecule has 0 N–H and O–H groups in total. The average Bonchev–Trinajstić information content (AvgIpc) is 3.50. The molecule has 3 heteroatoms. The maximum Gasteiger partial charge on any atom is 0.119 e. The number of rotatable bonds is 8. The lowest BCUT2D eigenvalue weighted by molar-refractivity contribution is 0.415.